The molecule has 5 nitrogen and oxygen atoms in total. The van der Waals surface area contributed by atoms with Crippen molar-refractivity contribution < 1.29 is 4.74 Å². The lowest BCUT2D eigenvalue weighted by atomic mass is 9.84. The molecule has 1 fully saturated rings. The van der Waals surface area contributed by atoms with Crippen molar-refractivity contribution in [2.75, 3.05) is 18.0 Å². The second-order valence-electron chi connectivity index (χ2n) is 9.94. The molecule has 0 bridgehead atoms. The zero-order valence-electron chi connectivity index (χ0n) is 21.7. The summed E-state index contributed by atoms with van der Waals surface area (Å²) in [7, 11) is 0. The van der Waals surface area contributed by atoms with Crippen molar-refractivity contribution in [3.05, 3.63) is 105 Å². The van der Waals surface area contributed by atoms with Gasteiger partial charge in [0.05, 0.1) is 10.6 Å². The van der Waals surface area contributed by atoms with Crippen LogP contribution in [0, 0.1) is 22.7 Å². The number of allylic oxidation sites excluding steroid dienone is 5. The van der Waals surface area contributed by atoms with E-state index in [1.54, 1.807) is 11.3 Å². The zero-order valence-corrected chi connectivity index (χ0v) is 22.5. The Labute approximate surface area is 233 Å². The Bertz CT molecular complexity index is 1570. The van der Waals surface area contributed by atoms with E-state index >= 15 is 0 Å². The Balaban J connectivity index is 1.48. The molecule has 3 aliphatic rings. The van der Waals surface area contributed by atoms with Crippen molar-refractivity contribution in [2.24, 2.45) is 0 Å². The monoisotopic (exact) mass is 528 g/mol. The van der Waals surface area contributed by atoms with E-state index in [1.165, 1.54) is 19.3 Å². The van der Waals surface area contributed by atoms with E-state index < -0.39 is 0 Å². The van der Waals surface area contributed by atoms with Crippen LogP contribution in [0.1, 0.15) is 49.0 Å². The van der Waals surface area contributed by atoms with Crippen LogP contribution in [0.2, 0.25) is 0 Å². The molecule has 1 aromatic heterocycles. The average molecular weight is 529 g/mol. The third-order valence-corrected chi connectivity index (χ3v) is 8.49. The molecular weight excluding hydrogens is 500 g/mol. The molecule has 2 aliphatic heterocycles. The minimum absolute atomic E-state index is 0.121. The molecule has 192 valence electrons. The Hall–Kier alpha value is -4.39. The van der Waals surface area contributed by atoms with Crippen LogP contribution in [0.15, 0.2) is 94.8 Å². The summed E-state index contributed by atoms with van der Waals surface area (Å²) >= 11 is 1.74. The topological polar surface area (TPSA) is 72.9 Å². The lowest BCUT2D eigenvalue weighted by Crippen LogP contribution is -2.29. The fourth-order valence-electron chi connectivity index (χ4n) is 5.47. The minimum atomic E-state index is 0.121. The fourth-order valence-corrected chi connectivity index (χ4v) is 6.58. The van der Waals surface area contributed by atoms with Crippen molar-refractivity contribution in [1.82, 2.24) is 4.98 Å². The van der Waals surface area contributed by atoms with Gasteiger partial charge in [0, 0.05) is 35.4 Å². The standard InChI is InChI=1S/C33H28N4OS/c34-21-26(22-35)28-20-29(23-11-4-1-5-12-23)38-32-25(15-10-16-27(28)32)19-30-31(24-13-6-2-7-14-24)36-33(39-30)37-17-8-3-9-18-37/h1-2,4-7,11-14,19-20H,3,8-10,15-18H2/b25-19+. The van der Waals surface area contributed by atoms with Crippen LogP contribution in [-0.4, -0.2) is 18.1 Å². The lowest BCUT2D eigenvalue weighted by Gasteiger charge is -2.29. The average Bonchev–Trinajstić information content (AvgIpc) is 3.43. The van der Waals surface area contributed by atoms with Gasteiger partial charge in [-0.3, -0.25) is 0 Å². The first-order valence-electron chi connectivity index (χ1n) is 13.5. The molecule has 0 unspecified atom stereocenters. The van der Waals surface area contributed by atoms with Crippen LogP contribution in [0.3, 0.4) is 0 Å². The van der Waals surface area contributed by atoms with Gasteiger partial charge in [0.25, 0.3) is 0 Å². The van der Waals surface area contributed by atoms with Crippen LogP contribution >= 0.6 is 11.3 Å². The van der Waals surface area contributed by atoms with Gasteiger partial charge in [-0.05, 0) is 56.3 Å². The number of ether oxygens (including phenoxy) is 1. The quantitative estimate of drug-likeness (QED) is 0.320. The number of benzene rings is 2. The van der Waals surface area contributed by atoms with Crippen molar-refractivity contribution in [2.45, 2.75) is 38.5 Å². The maximum Gasteiger partial charge on any atom is 0.186 e. The van der Waals surface area contributed by atoms with E-state index in [0.717, 1.165) is 76.1 Å². The molecule has 0 spiro atoms. The normalized spacial score (nSPS) is 18.1. The highest BCUT2D eigenvalue weighted by Crippen LogP contribution is 2.45. The maximum absolute atomic E-state index is 9.77. The van der Waals surface area contributed by atoms with Crippen molar-refractivity contribution in [1.29, 1.82) is 10.5 Å². The second-order valence-corrected chi connectivity index (χ2v) is 11.0. The van der Waals surface area contributed by atoms with Gasteiger partial charge < -0.3 is 9.64 Å². The zero-order chi connectivity index (χ0) is 26.6. The lowest BCUT2D eigenvalue weighted by molar-refractivity contribution is 0.369. The highest BCUT2D eigenvalue weighted by atomic mass is 32.1. The molecule has 2 aromatic carbocycles. The van der Waals surface area contributed by atoms with Gasteiger partial charge >= 0.3 is 0 Å². The van der Waals surface area contributed by atoms with E-state index in [9.17, 15) is 10.5 Å². The first-order valence-corrected chi connectivity index (χ1v) is 14.3. The summed E-state index contributed by atoms with van der Waals surface area (Å²) in [6, 6.07) is 24.5. The Morgan fingerprint density at radius 2 is 1.56 bits per heavy atom. The van der Waals surface area contributed by atoms with E-state index in [-0.39, 0.29) is 5.57 Å². The number of hydrogen-bond acceptors (Lipinski definition) is 6. The summed E-state index contributed by atoms with van der Waals surface area (Å²) < 4.78 is 6.59. The van der Waals surface area contributed by atoms with Crippen LogP contribution in [0.4, 0.5) is 5.13 Å². The van der Waals surface area contributed by atoms with Gasteiger partial charge in [0.1, 0.15) is 29.2 Å². The van der Waals surface area contributed by atoms with Crippen molar-refractivity contribution in [3.8, 4) is 23.4 Å². The number of piperidine rings is 1. The third kappa shape index (κ3) is 5.04. The smallest absolute Gasteiger partial charge is 0.186 e. The fraction of sp³-hybridized carbons (Fsp3) is 0.242. The predicted molar refractivity (Wildman–Crippen MR) is 156 cm³/mol. The summed E-state index contributed by atoms with van der Waals surface area (Å²) in [5.41, 5.74) is 5.81. The number of anilines is 1. The van der Waals surface area contributed by atoms with Gasteiger partial charge in [-0.25, -0.2) is 4.98 Å². The van der Waals surface area contributed by atoms with Gasteiger partial charge in [0.15, 0.2) is 5.13 Å². The molecule has 0 atom stereocenters. The number of nitrogens with zero attached hydrogens (tertiary/aromatic N) is 4. The molecule has 1 saturated heterocycles. The summed E-state index contributed by atoms with van der Waals surface area (Å²) in [4.78, 5) is 8.66. The van der Waals surface area contributed by atoms with Crippen LogP contribution in [0.25, 0.3) is 23.1 Å². The first-order chi connectivity index (χ1) is 19.2. The number of thiazole rings is 1. The van der Waals surface area contributed by atoms with Crippen LogP contribution < -0.4 is 4.90 Å². The van der Waals surface area contributed by atoms with Gasteiger partial charge in [-0.1, -0.05) is 72.0 Å². The first kappa shape index (κ1) is 24.9. The summed E-state index contributed by atoms with van der Waals surface area (Å²) in [5.74, 6) is 1.43. The largest absolute Gasteiger partial charge is 0.456 e. The Kier molecular flexibility index (Phi) is 7.13. The molecule has 3 aromatic rings. The summed E-state index contributed by atoms with van der Waals surface area (Å²) in [6.45, 7) is 2.08. The van der Waals surface area contributed by atoms with Gasteiger partial charge in [0.2, 0.25) is 0 Å². The number of hydrogen-bond donors (Lipinski definition) is 0. The van der Waals surface area contributed by atoms with E-state index in [4.69, 9.17) is 9.72 Å². The molecule has 6 heteroatoms. The minimum Gasteiger partial charge on any atom is -0.456 e. The second kappa shape index (κ2) is 11.2. The number of aromatic nitrogens is 1. The van der Waals surface area contributed by atoms with E-state index in [0.29, 0.717) is 11.3 Å². The van der Waals surface area contributed by atoms with Crippen molar-refractivity contribution >= 4 is 28.3 Å². The number of nitriles is 2. The Morgan fingerprint density at radius 1 is 0.872 bits per heavy atom. The molecule has 3 heterocycles. The third-order valence-electron chi connectivity index (χ3n) is 7.42. The molecule has 6 rings (SSSR count). The summed E-state index contributed by atoms with van der Waals surface area (Å²) in [5, 5.41) is 20.6. The molecule has 0 N–H and O–H groups in total. The van der Waals surface area contributed by atoms with Crippen LogP contribution in [-0.2, 0) is 4.74 Å². The number of rotatable bonds is 4. The molecular formula is C33H28N4OS. The maximum atomic E-state index is 9.77. The molecule has 39 heavy (non-hydrogen) atoms. The molecule has 1 aliphatic carbocycles. The molecule has 0 saturated carbocycles. The van der Waals surface area contributed by atoms with Gasteiger partial charge in [-0.15, -0.1) is 0 Å². The van der Waals surface area contributed by atoms with Crippen molar-refractivity contribution in [3.63, 3.8) is 0 Å². The highest BCUT2D eigenvalue weighted by molar-refractivity contribution is 7.17. The molecule has 0 radical (unpaired) electrons. The van der Waals surface area contributed by atoms with E-state index in [2.05, 4.69) is 47.4 Å². The highest BCUT2D eigenvalue weighted by Gasteiger charge is 2.29. The predicted octanol–water partition coefficient (Wildman–Crippen LogP) is 8.04. The molecule has 0 amide bonds. The SMILES string of the molecule is N#CC(C#N)=C1C=C(c2ccccc2)OC2=C1CCC/C2=C\c1sc(N2CCCCC2)nc1-c1ccccc1. The van der Waals surface area contributed by atoms with E-state index in [1.807, 2.05) is 42.5 Å². The Morgan fingerprint density at radius 3 is 2.26 bits per heavy atom. The van der Waals surface area contributed by atoms with Gasteiger partial charge in [-0.2, -0.15) is 10.5 Å². The summed E-state index contributed by atoms with van der Waals surface area (Å²) in [6.07, 6.45) is 10.3. The van der Waals surface area contributed by atoms with Crippen LogP contribution in [0.5, 0.6) is 0 Å².